The summed E-state index contributed by atoms with van der Waals surface area (Å²) >= 11 is 0. The maximum atomic E-state index is 12.5. The Balaban J connectivity index is 3.45. The van der Waals surface area contributed by atoms with Gasteiger partial charge < -0.3 is 20.3 Å². The molecule has 0 rings (SSSR count). The SMILES string of the molecule is CCCCCCCCCCCCCCCC/C=C/C(O)C(CO)NC(=O)CCCCCCC/C=C\CCCCCCCCCCCOC(=O)CCCCCCCCCCCCCCCCCCC. The highest BCUT2D eigenvalue weighted by Gasteiger charge is 2.18. The van der Waals surface area contributed by atoms with Gasteiger partial charge in [-0.3, -0.25) is 9.59 Å². The Bertz CT molecular complexity index is 1060. The fourth-order valence-electron chi connectivity index (χ4n) is 9.51. The smallest absolute Gasteiger partial charge is 0.305 e. The van der Waals surface area contributed by atoms with Gasteiger partial charge in [0.15, 0.2) is 0 Å². The average Bonchev–Trinajstić information content (AvgIpc) is 3.34. The van der Waals surface area contributed by atoms with Crippen molar-refractivity contribution in [1.82, 2.24) is 5.32 Å². The summed E-state index contributed by atoms with van der Waals surface area (Å²) in [7, 11) is 0. The van der Waals surface area contributed by atoms with Gasteiger partial charge >= 0.3 is 5.97 Å². The van der Waals surface area contributed by atoms with Crippen LogP contribution in [0.2, 0.25) is 0 Å². The second-order valence-corrected chi connectivity index (χ2v) is 21.0. The average molecular weight is 959 g/mol. The largest absolute Gasteiger partial charge is 0.466 e. The molecule has 0 aromatic heterocycles. The highest BCUT2D eigenvalue weighted by Crippen LogP contribution is 2.17. The van der Waals surface area contributed by atoms with Crippen molar-refractivity contribution in [1.29, 1.82) is 0 Å². The van der Waals surface area contributed by atoms with Crippen LogP contribution in [-0.2, 0) is 14.3 Å². The van der Waals surface area contributed by atoms with Crippen LogP contribution in [0.1, 0.15) is 335 Å². The lowest BCUT2D eigenvalue weighted by atomic mass is 10.0. The number of rotatable bonds is 57. The molecule has 68 heavy (non-hydrogen) atoms. The Morgan fingerprint density at radius 2 is 0.691 bits per heavy atom. The molecule has 2 atom stereocenters. The summed E-state index contributed by atoms with van der Waals surface area (Å²) in [4.78, 5) is 24.5. The van der Waals surface area contributed by atoms with E-state index < -0.39 is 12.1 Å². The van der Waals surface area contributed by atoms with Gasteiger partial charge in [-0.05, 0) is 57.8 Å². The normalized spacial score (nSPS) is 12.7. The number of carbonyl (C=O) groups is 2. The van der Waals surface area contributed by atoms with Crippen molar-refractivity contribution in [3.05, 3.63) is 24.3 Å². The second kappa shape index (κ2) is 57.9. The van der Waals surface area contributed by atoms with Gasteiger partial charge in [0.05, 0.1) is 25.4 Å². The zero-order chi connectivity index (χ0) is 49.3. The lowest BCUT2D eigenvalue weighted by molar-refractivity contribution is -0.143. The predicted molar refractivity (Wildman–Crippen MR) is 296 cm³/mol. The molecule has 2 unspecified atom stereocenters. The molecule has 0 aliphatic carbocycles. The minimum absolute atomic E-state index is 0.00639. The van der Waals surface area contributed by atoms with Crippen LogP contribution in [-0.4, -0.2) is 47.4 Å². The number of aliphatic hydroxyl groups is 2. The monoisotopic (exact) mass is 958 g/mol. The number of hydrogen-bond acceptors (Lipinski definition) is 5. The van der Waals surface area contributed by atoms with Crippen LogP contribution in [0, 0.1) is 0 Å². The summed E-state index contributed by atoms with van der Waals surface area (Å²) in [5, 5.41) is 23.1. The van der Waals surface area contributed by atoms with Crippen molar-refractivity contribution >= 4 is 11.9 Å². The summed E-state index contributed by atoms with van der Waals surface area (Å²) in [5.74, 6) is -0.0740. The molecule has 0 aromatic rings. The third-order valence-corrected chi connectivity index (χ3v) is 14.2. The first-order valence-corrected chi connectivity index (χ1v) is 30.6. The molecule has 3 N–H and O–H groups in total. The Labute approximate surface area is 424 Å². The molecule has 0 bridgehead atoms. The van der Waals surface area contributed by atoms with E-state index in [1.54, 1.807) is 6.08 Å². The van der Waals surface area contributed by atoms with Gasteiger partial charge in [-0.1, -0.05) is 289 Å². The molecule has 1 amide bonds. The van der Waals surface area contributed by atoms with E-state index in [2.05, 4.69) is 31.3 Å². The van der Waals surface area contributed by atoms with Crippen molar-refractivity contribution < 1.29 is 24.5 Å². The molecule has 0 saturated carbocycles. The first-order chi connectivity index (χ1) is 33.5. The number of esters is 1. The van der Waals surface area contributed by atoms with Crippen LogP contribution in [0.3, 0.4) is 0 Å². The van der Waals surface area contributed by atoms with E-state index in [-0.39, 0.29) is 18.5 Å². The standard InChI is InChI=1S/C62H119NO5/c1-3-5-7-9-11-13-15-17-19-23-28-32-36-40-44-48-52-56-62(67)68-57-53-49-45-41-37-33-29-25-22-21-24-27-31-35-39-43-47-51-55-61(66)63-59(58-64)60(65)54-50-46-42-38-34-30-26-20-18-16-14-12-10-8-6-4-2/h24,27,50,54,59-60,64-65H,3-23,25-26,28-49,51-53,55-58H2,1-2H3,(H,63,66)/b27-24-,54-50+. The van der Waals surface area contributed by atoms with Crippen LogP contribution in [0.4, 0.5) is 0 Å². The predicted octanol–water partition coefficient (Wildman–Crippen LogP) is 19.0. The number of allylic oxidation sites excluding steroid dienone is 3. The number of ether oxygens (including phenoxy) is 1. The Kier molecular flexibility index (Phi) is 56.5. The van der Waals surface area contributed by atoms with E-state index in [1.165, 1.54) is 250 Å². The van der Waals surface area contributed by atoms with Gasteiger partial charge in [0.25, 0.3) is 0 Å². The van der Waals surface area contributed by atoms with Gasteiger partial charge in [-0.2, -0.15) is 0 Å². The third kappa shape index (κ3) is 53.7. The van der Waals surface area contributed by atoms with Crippen LogP contribution >= 0.6 is 0 Å². The fraction of sp³-hybridized carbons (Fsp3) is 0.903. The second-order valence-electron chi connectivity index (χ2n) is 21.0. The first-order valence-electron chi connectivity index (χ1n) is 30.6. The van der Waals surface area contributed by atoms with Crippen LogP contribution in [0.5, 0.6) is 0 Å². The molecule has 402 valence electrons. The number of hydrogen-bond donors (Lipinski definition) is 3. The topological polar surface area (TPSA) is 95.9 Å². The lowest BCUT2D eigenvalue weighted by Crippen LogP contribution is -2.45. The summed E-state index contributed by atoms with van der Waals surface area (Å²) in [6.07, 6.45) is 70.7. The minimum Gasteiger partial charge on any atom is -0.466 e. The van der Waals surface area contributed by atoms with E-state index in [1.807, 2.05) is 6.08 Å². The van der Waals surface area contributed by atoms with Crippen molar-refractivity contribution in [2.75, 3.05) is 13.2 Å². The van der Waals surface area contributed by atoms with E-state index >= 15 is 0 Å². The van der Waals surface area contributed by atoms with Crippen LogP contribution < -0.4 is 5.32 Å². The van der Waals surface area contributed by atoms with Crippen molar-refractivity contribution in [3.8, 4) is 0 Å². The van der Waals surface area contributed by atoms with Crippen LogP contribution in [0.15, 0.2) is 24.3 Å². The fourth-order valence-corrected chi connectivity index (χ4v) is 9.51. The maximum Gasteiger partial charge on any atom is 0.305 e. The minimum atomic E-state index is -0.853. The first kappa shape index (κ1) is 66.3. The molecular weight excluding hydrogens is 839 g/mol. The summed E-state index contributed by atoms with van der Waals surface area (Å²) in [5.41, 5.74) is 0. The van der Waals surface area contributed by atoms with Crippen molar-refractivity contribution in [3.63, 3.8) is 0 Å². The molecule has 0 saturated heterocycles. The Morgan fingerprint density at radius 1 is 0.397 bits per heavy atom. The molecule has 0 spiro atoms. The summed E-state index contributed by atoms with van der Waals surface area (Å²) in [6, 6.07) is -0.638. The molecule has 0 aromatic carbocycles. The van der Waals surface area contributed by atoms with E-state index in [4.69, 9.17) is 4.74 Å². The Morgan fingerprint density at radius 3 is 1.04 bits per heavy atom. The van der Waals surface area contributed by atoms with Gasteiger partial charge in [-0.15, -0.1) is 0 Å². The van der Waals surface area contributed by atoms with E-state index in [0.29, 0.717) is 19.4 Å². The molecule has 0 radical (unpaired) electrons. The van der Waals surface area contributed by atoms with E-state index in [9.17, 15) is 19.8 Å². The molecule has 0 aliphatic rings. The zero-order valence-electron chi connectivity index (χ0n) is 45.9. The quantitative estimate of drug-likeness (QED) is 0.0321. The van der Waals surface area contributed by atoms with Crippen LogP contribution in [0.25, 0.3) is 0 Å². The molecule has 6 nitrogen and oxygen atoms in total. The number of aliphatic hydroxyl groups excluding tert-OH is 2. The maximum absolute atomic E-state index is 12.5. The number of nitrogens with one attached hydrogen (secondary N) is 1. The summed E-state index contributed by atoms with van der Waals surface area (Å²) < 4.78 is 5.49. The molecule has 0 heterocycles. The van der Waals surface area contributed by atoms with Crippen molar-refractivity contribution in [2.24, 2.45) is 0 Å². The Hall–Kier alpha value is -1.66. The van der Waals surface area contributed by atoms with Gasteiger partial charge in [0.1, 0.15) is 0 Å². The number of unbranched alkanes of at least 4 members (excludes halogenated alkanes) is 44. The van der Waals surface area contributed by atoms with Gasteiger partial charge in [0.2, 0.25) is 5.91 Å². The molecule has 0 fully saturated rings. The summed E-state index contributed by atoms with van der Waals surface area (Å²) in [6.45, 7) is 4.91. The van der Waals surface area contributed by atoms with Gasteiger partial charge in [-0.25, -0.2) is 0 Å². The number of amides is 1. The molecular formula is C62H119NO5. The zero-order valence-corrected chi connectivity index (χ0v) is 45.9. The molecule has 6 heteroatoms. The van der Waals surface area contributed by atoms with E-state index in [0.717, 1.165) is 57.8 Å². The molecule has 0 aliphatic heterocycles. The number of carbonyl (C=O) groups excluding carboxylic acids is 2. The highest BCUT2D eigenvalue weighted by atomic mass is 16.5. The van der Waals surface area contributed by atoms with Crippen molar-refractivity contribution in [2.45, 2.75) is 347 Å². The lowest BCUT2D eigenvalue weighted by Gasteiger charge is -2.20. The third-order valence-electron chi connectivity index (χ3n) is 14.2. The highest BCUT2D eigenvalue weighted by molar-refractivity contribution is 5.76. The van der Waals surface area contributed by atoms with Gasteiger partial charge in [0, 0.05) is 12.8 Å².